The van der Waals surface area contributed by atoms with E-state index in [1.165, 1.54) is 0 Å². The SMILES string of the molecule is CC1CCC(O)(N2CCC(=O)CC2)CC1. The number of rotatable bonds is 1. The zero-order chi connectivity index (χ0) is 10.9. The standard InChI is InChI=1S/C12H21NO2/c1-10-2-6-12(15,7-3-10)13-8-4-11(14)5-9-13/h10,15H,2-9H2,1H3. The number of likely N-dealkylation sites (tertiary alicyclic amines) is 1. The van der Waals surface area contributed by atoms with Gasteiger partial charge >= 0.3 is 0 Å². The van der Waals surface area contributed by atoms with Crippen LogP contribution in [0.5, 0.6) is 0 Å². The second kappa shape index (κ2) is 4.22. The molecule has 0 bridgehead atoms. The van der Waals surface area contributed by atoms with Crippen LogP contribution in [0.15, 0.2) is 0 Å². The first-order chi connectivity index (χ1) is 7.10. The molecule has 1 aliphatic carbocycles. The summed E-state index contributed by atoms with van der Waals surface area (Å²) < 4.78 is 0. The molecule has 0 radical (unpaired) electrons. The molecule has 2 rings (SSSR count). The fraction of sp³-hybridized carbons (Fsp3) is 0.917. The molecule has 0 aromatic rings. The van der Waals surface area contributed by atoms with Gasteiger partial charge in [-0.3, -0.25) is 9.69 Å². The number of hydrogen-bond donors (Lipinski definition) is 1. The highest BCUT2D eigenvalue weighted by molar-refractivity contribution is 5.79. The Morgan fingerprint density at radius 1 is 1.27 bits per heavy atom. The number of hydrogen-bond acceptors (Lipinski definition) is 3. The lowest BCUT2D eigenvalue weighted by molar-refractivity contribution is -0.151. The van der Waals surface area contributed by atoms with Crippen LogP contribution >= 0.6 is 0 Å². The third-order valence-electron chi connectivity index (χ3n) is 3.98. The lowest BCUT2D eigenvalue weighted by Gasteiger charge is -2.45. The molecule has 1 N–H and O–H groups in total. The van der Waals surface area contributed by atoms with Crippen LogP contribution in [0.4, 0.5) is 0 Å². The summed E-state index contributed by atoms with van der Waals surface area (Å²) in [5, 5.41) is 10.5. The van der Waals surface area contributed by atoms with E-state index in [-0.39, 0.29) is 0 Å². The number of aliphatic hydroxyl groups is 1. The van der Waals surface area contributed by atoms with Crippen LogP contribution < -0.4 is 0 Å². The molecule has 1 heterocycles. The first-order valence-corrected chi connectivity index (χ1v) is 6.09. The van der Waals surface area contributed by atoms with Gasteiger partial charge in [0.25, 0.3) is 0 Å². The maximum atomic E-state index is 11.1. The third-order valence-corrected chi connectivity index (χ3v) is 3.98. The van der Waals surface area contributed by atoms with Gasteiger partial charge in [-0.1, -0.05) is 6.92 Å². The summed E-state index contributed by atoms with van der Waals surface area (Å²) in [5.41, 5.74) is -0.604. The quantitative estimate of drug-likeness (QED) is 0.715. The third kappa shape index (κ3) is 2.40. The van der Waals surface area contributed by atoms with Gasteiger partial charge in [0.2, 0.25) is 0 Å². The van der Waals surface area contributed by atoms with Crippen LogP contribution in [-0.4, -0.2) is 34.6 Å². The summed E-state index contributed by atoms with van der Waals surface area (Å²) in [6, 6.07) is 0. The molecule has 0 aromatic heterocycles. The molecule has 1 aliphatic heterocycles. The van der Waals surface area contributed by atoms with Gasteiger partial charge in [0, 0.05) is 25.9 Å². The Bertz CT molecular complexity index is 234. The average molecular weight is 211 g/mol. The largest absolute Gasteiger partial charge is 0.376 e. The molecular weight excluding hydrogens is 190 g/mol. The molecule has 3 nitrogen and oxygen atoms in total. The van der Waals surface area contributed by atoms with Crippen molar-refractivity contribution in [1.29, 1.82) is 0 Å². The first kappa shape index (κ1) is 11.1. The molecule has 1 saturated heterocycles. The van der Waals surface area contributed by atoms with Crippen molar-refractivity contribution in [2.75, 3.05) is 13.1 Å². The van der Waals surface area contributed by atoms with Crippen LogP contribution in [0, 0.1) is 5.92 Å². The number of Topliss-reactive ketones (excluding diaryl/α,β-unsaturated/α-hetero) is 1. The van der Waals surface area contributed by atoms with Gasteiger partial charge in [0.05, 0.1) is 0 Å². The van der Waals surface area contributed by atoms with Crippen molar-refractivity contribution in [1.82, 2.24) is 4.90 Å². The number of carbonyl (C=O) groups excluding carboxylic acids is 1. The Morgan fingerprint density at radius 2 is 1.80 bits per heavy atom. The van der Waals surface area contributed by atoms with Crippen molar-refractivity contribution in [2.24, 2.45) is 5.92 Å². The Morgan fingerprint density at radius 3 is 2.33 bits per heavy atom. The van der Waals surface area contributed by atoms with Gasteiger partial charge in [0.15, 0.2) is 0 Å². The van der Waals surface area contributed by atoms with Crippen LogP contribution in [0.1, 0.15) is 45.4 Å². The zero-order valence-corrected chi connectivity index (χ0v) is 9.54. The highest BCUT2D eigenvalue weighted by Gasteiger charge is 2.38. The molecule has 2 aliphatic rings. The van der Waals surface area contributed by atoms with Crippen molar-refractivity contribution in [3.8, 4) is 0 Å². The van der Waals surface area contributed by atoms with E-state index in [0.29, 0.717) is 18.6 Å². The smallest absolute Gasteiger partial charge is 0.135 e. The molecule has 2 fully saturated rings. The van der Waals surface area contributed by atoms with E-state index in [4.69, 9.17) is 0 Å². The Labute approximate surface area is 91.5 Å². The molecule has 3 heteroatoms. The van der Waals surface area contributed by atoms with Gasteiger partial charge in [-0.2, -0.15) is 0 Å². The van der Waals surface area contributed by atoms with Gasteiger partial charge in [-0.05, 0) is 31.6 Å². The van der Waals surface area contributed by atoms with Crippen LogP contribution in [0.2, 0.25) is 0 Å². The van der Waals surface area contributed by atoms with Crippen molar-refractivity contribution in [3.05, 3.63) is 0 Å². The van der Waals surface area contributed by atoms with E-state index < -0.39 is 5.72 Å². The normalized spacial score (nSPS) is 39.3. The summed E-state index contributed by atoms with van der Waals surface area (Å²) in [5.74, 6) is 1.09. The molecule has 15 heavy (non-hydrogen) atoms. The Kier molecular flexibility index (Phi) is 3.12. The van der Waals surface area contributed by atoms with Crippen LogP contribution in [0.25, 0.3) is 0 Å². The van der Waals surface area contributed by atoms with E-state index in [1.807, 2.05) is 0 Å². The van der Waals surface area contributed by atoms with E-state index in [2.05, 4.69) is 11.8 Å². The summed E-state index contributed by atoms with van der Waals surface area (Å²) >= 11 is 0. The topological polar surface area (TPSA) is 40.5 Å². The van der Waals surface area contributed by atoms with Gasteiger partial charge in [-0.15, -0.1) is 0 Å². The van der Waals surface area contributed by atoms with Crippen molar-refractivity contribution in [2.45, 2.75) is 51.2 Å². The Hall–Kier alpha value is -0.410. The number of piperidine rings is 1. The monoisotopic (exact) mass is 211 g/mol. The predicted octanol–water partition coefficient (Wildman–Crippen LogP) is 1.55. The van der Waals surface area contributed by atoms with Crippen LogP contribution in [0.3, 0.4) is 0 Å². The molecule has 1 saturated carbocycles. The maximum absolute atomic E-state index is 11.1. The molecule has 86 valence electrons. The zero-order valence-electron chi connectivity index (χ0n) is 9.54. The number of ketones is 1. The minimum Gasteiger partial charge on any atom is -0.376 e. The highest BCUT2D eigenvalue weighted by Crippen LogP contribution is 2.35. The minimum atomic E-state index is -0.604. The highest BCUT2D eigenvalue weighted by atomic mass is 16.3. The van der Waals surface area contributed by atoms with E-state index in [0.717, 1.165) is 44.7 Å². The molecule has 0 amide bonds. The molecule has 0 spiro atoms. The molecule has 0 atom stereocenters. The van der Waals surface area contributed by atoms with Crippen molar-refractivity contribution < 1.29 is 9.90 Å². The number of nitrogens with zero attached hydrogens (tertiary/aromatic N) is 1. The summed E-state index contributed by atoms with van der Waals surface area (Å²) in [6.45, 7) is 3.76. The minimum absolute atomic E-state index is 0.346. The second-order valence-electron chi connectivity index (χ2n) is 5.19. The first-order valence-electron chi connectivity index (χ1n) is 6.09. The van der Waals surface area contributed by atoms with Crippen molar-refractivity contribution in [3.63, 3.8) is 0 Å². The van der Waals surface area contributed by atoms with Crippen LogP contribution in [-0.2, 0) is 4.79 Å². The van der Waals surface area contributed by atoms with E-state index >= 15 is 0 Å². The Balaban J connectivity index is 1.94. The van der Waals surface area contributed by atoms with E-state index in [1.54, 1.807) is 0 Å². The lowest BCUT2D eigenvalue weighted by Crippen LogP contribution is -2.53. The van der Waals surface area contributed by atoms with Crippen molar-refractivity contribution >= 4 is 5.78 Å². The predicted molar refractivity (Wildman–Crippen MR) is 58.4 cm³/mol. The molecule has 0 unspecified atom stereocenters. The summed E-state index contributed by atoms with van der Waals surface area (Å²) in [4.78, 5) is 13.3. The average Bonchev–Trinajstić information content (AvgIpc) is 2.24. The van der Waals surface area contributed by atoms with Gasteiger partial charge < -0.3 is 5.11 Å². The second-order valence-corrected chi connectivity index (χ2v) is 5.19. The molecule has 0 aromatic carbocycles. The fourth-order valence-electron chi connectivity index (χ4n) is 2.71. The summed E-state index contributed by atoms with van der Waals surface area (Å²) in [6.07, 6.45) is 5.22. The summed E-state index contributed by atoms with van der Waals surface area (Å²) in [7, 11) is 0. The molecular formula is C12H21NO2. The fourth-order valence-corrected chi connectivity index (χ4v) is 2.71. The lowest BCUT2D eigenvalue weighted by atomic mass is 9.83. The maximum Gasteiger partial charge on any atom is 0.135 e. The van der Waals surface area contributed by atoms with Gasteiger partial charge in [0.1, 0.15) is 11.5 Å². The van der Waals surface area contributed by atoms with Gasteiger partial charge in [-0.25, -0.2) is 0 Å². The van der Waals surface area contributed by atoms with E-state index in [9.17, 15) is 9.90 Å². The number of carbonyl (C=O) groups is 1.